The SMILES string of the molecule is CC.CC(C)c1ccccc1.CC(C)c1ccccc1.CC(C)c1ccccc1.CC(C)c1ccccc1.CC(c1ccccc1)c1ccc(C(C)c2cc(C(C)c3ccccc3)c(O)c(C(C)c3ccccc3)c2)cc1.CC(c1ccccc1)c1ccc(C(C)c2cc(C(C)c3ccccc3)cc(C(C)c3ccccc3)c2O)cc1.Cc1cccc(C)c1O.Oc1cccc(O)c1.Oc1ccccc1.Oc1ccccc1. The zero-order valence-corrected chi connectivity index (χ0v) is 90.2. The van der Waals surface area contributed by atoms with Gasteiger partial charge < -0.3 is 35.7 Å². The molecule has 0 fully saturated rings. The van der Waals surface area contributed by atoms with Crippen molar-refractivity contribution < 1.29 is 35.7 Å². The summed E-state index contributed by atoms with van der Waals surface area (Å²) in [4.78, 5) is 0. The molecule has 760 valence electrons. The van der Waals surface area contributed by atoms with Crippen LogP contribution in [0.5, 0.6) is 40.2 Å². The lowest BCUT2D eigenvalue weighted by Crippen LogP contribution is -2.06. The van der Waals surface area contributed by atoms with E-state index in [0.29, 0.717) is 64.3 Å². The summed E-state index contributed by atoms with van der Waals surface area (Å²) >= 11 is 0. The van der Waals surface area contributed by atoms with Crippen LogP contribution in [0, 0.1) is 13.8 Å². The van der Waals surface area contributed by atoms with Crippen molar-refractivity contribution in [2.24, 2.45) is 0 Å². The number of phenols is 7. The molecule has 8 atom stereocenters. The summed E-state index contributed by atoms with van der Waals surface area (Å²) in [6, 6.07) is 161. The Kier molecular flexibility index (Phi) is 50.0. The quantitative estimate of drug-likeness (QED) is 0.0403. The van der Waals surface area contributed by atoms with E-state index in [9.17, 15) is 15.3 Å². The number of para-hydroxylation sites is 3. The Bertz CT molecular complexity index is 6220. The van der Waals surface area contributed by atoms with Gasteiger partial charge in [-0.05, 0) is 174 Å². The third-order valence-corrected chi connectivity index (χ3v) is 26.6. The van der Waals surface area contributed by atoms with Crippen LogP contribution in [-0.4, -0.2) is 35.7 Å². The number of hydrogen-bond donors (Lipinski definition) is 7. The molecule has 0 spiro atoms. The summed E-state index contributed by atoms with van der Waals surface area (Å²) in [5.41, 5.74) is 26.6. The zero-order valence-electron chi connectivity index (χ0n) is 90.2. The van der Waals surface area contributed by atoms with Crippen LogP contribution in [0.25, 0.3) is 0 Å². The number of benzene rings is 18. The van der Waals surface area contributed by atoms with Gasteiger partial charge in [0, 0.05) is 75.7 Å². The van der Waals surface area contributed by atoms with Gasteiger partial charge >= 0.3 is 0 Å². The maximum Gasteiger partial charge on any atom is 0.123 e. The molecule has 0 bridgehead atoms. The minimum absolute atomic E-state index is 0.0516. The molecule has 7 N–H and O–H groups in total. The van der Waals surface area contributed by atoms with Gasteiger partial charge in [0.1, 0.15) is 40.2 Å². The van der Waals surface area contributed by atoms with Gasteiger partial charge in [0.15, 0.2) is 0 Å². The van der Waals surface area contributed by atoms with Crippen LogP contribution < -0.4 is 0 Å². The lowest BCUT2D eigenvalue weighted by Gasteiger charge is -2.24. The van der Waals surface area contributed by atoms with E-state index in [2.05, 4.69) is 444 Å². The second-order valence-corrected chi connectivity index (χ2v) is 38.4. The number of rotatable bonds is 20. The van der Waals surface area contributed by atoms with Gasteiger partial charge in [-0.1, -0.05) is 561 Å². The molecular weight excluding hydrogens is 1790 g/mol. The maximum atomic E-state index is 11.7. The van der Waals surface area contributed by atoms with Crippen LogP contribution >= 0.6 is 0 Å². The van der Waals surface area contributed by atoms with E-state index in [1.807, 2.05) is 100 Å². The molecule has 8 unspecified atom stereocenters. The summed E-state index contributed by atoms with van der Waals surface area (Å²) < 4.78 is 0. The Morgan fingerprint density at radius 3 is 0.422 bits per heavy atom. The Labute approximate surface area is 881 Å². The molecule has 0 amide bonds. The van der Waals surface area contributed by atoms with Crippen LogP contribution in [0.4, 0.5) is 0 Å². The Hall–Kier alpha value is -15.4. The molecule has 18 aromatic carbocycles. The third-order valence-electron chi connectivity index (χ3n) is 26.6. The van der Waals surface area contributed by atoms with Crippen LogP contribution in [0.2, 0.25) is 0 Å². The van der Waals surface area contributed by atoms with Gasteiger partial charge in [-0.25, -0.2) is 0 Å². The van der Waals surface area contributed by atoms with Crippen LogP contribution in [-0.2, 0) is 0 Å². The van der Waals surface area contributed by atoms with Crippen molar-refractivity contribution in [1.82, 2.24) is 0 Å². The fourth-order valence-corrected chi connectivity index (χ4v) is 16.8. The Morgan fingerprint density at radius 2 is 0.272 bits per heavy atom. The van der Waals surface area contributed by atoms with E-state index in [1.165, 1.54) is 107 Å². The molecule has 0 aliphatic rings. The molecule has 147 heavy (non-hydrogen) atoms. The van der Waals surface area contributed by atoms with Crippen LogP contribution in [0.15, 0.2) is 479 Å². The highest BCUT2D eigenvalue weighted by molar-refractivity contribution is 5.57. The van der Waals surface area contributed by atoms with Gasteiger partial charge in [-0.15, -0.1) is 0 Å². The highest BCUT2D eigenvalue weighted by Gasteiger charge is 2.27. The zero-order chi connectivity index (χ0) is 107. The molecular formula is C140H158O7. The Morgan fingerprint density at radius 1 is 0.129 bits per heavy atom. The van der Waals surface area contributed by atoms with Crippen molar-refractivity contribution in [3.05, 3.63) is 602 Å². The first-order chi connectivity index (χ1) is 70.9. The molecule has 0 saturated carbocycles. The molecule has 0 aliphatic heterocycles. The largest absolute Gasteiger partial charge is 0.508 e. The summed E-state index contributed by atoms with van der Waals surface area (Å²) in [7, 11) is 0. The normalized spacial score (nSPS) is 12.0. The van der Waals surface area contributed by atoms with E-state index in [-0.39, 0.29) is 47.0 Å². The van der Waals surface area contributed by atoms with Crippen molar-refractivity contribution in [3.63, 3.8) is 0 Å². The summed E-state index contributed by atoms with van der Waals surface area (Å²) in [6.45, 7) is 43.2. The lowest BCUT2D eigenvalue weighted by atomic mass is 9.81. The predicted octanol–water partition coefficient (Wildman–Crippen LogP) is 38.2. The van der Waals surface area contributed by atoms with Crippen LogP contribution in [0.3, 0.4) is 0 Å². The van der Waals surface area contributed by atoms with E-state index in [0.717, 1.165) is 33.4 Å². The highest BCUT2D eigenvalue weighted by atomic mass is 16.3. The molecule has 0 aliphatic carbocycles. The average Bonchev–Trinajstić information content (AvgIpc) is 0.780. The molecule has 18 rings (SSSR count). The molecule has 7 nitrogen and oxygen atoms in total. The highest BCUT2D eigenvalue weighted by Crippen LogP contribution is 2.45. The van der Waals surface area contributed by atoms with Crippen molar-refractivity contribution in [3.8, 4) is 40.2 Å². The average molecular weight is 1950 g/mol. The van der Waals surface area contributed by atoms with Gasteiger partial charge in [0.2, 0.25) is 0 Å². The predicted molar refractivity (Wildman–Crippen MR) is 625 cm³/mol. The first kappa shape index (κ1) is 117. The van der Waals surface area contributed by atoms with E-state index < -0.39 is 0 Å². The second kappa shape index (κ2) is 63.0. The molecule has 7 heteroatoms. The minimum atomic E-state index is 0.0516. The summed E-state index contributed by atoms with van der Waals surface area (Å²) in [6.07, 6.45) is 0. The lowest BCUT2D eigenvalue weighted by molar-refractivity contribution is 0.450. The van der Waals surface area contributed by atoms with Gasteiger partial charge in [-0.2, -0.15) is 0 Å². The Balaban J connectivity index is 0.000000220. The summed E-state index contributed by atoms with van der Waals surface area (Å²) in [5, 5.41) is 67.1. The standard InChI is InChI=1S/2C38H38O.4C9H12.C8H10O.C6H6O2.2C6H6O.C2H6/c1-26(30-14-8-5-9-15-30)33-20-22-34(23-21-33)27(2)35-24-36(28(3)31-16-10-6-11-17-31)38(39)37(25-35)29(4)32-18-12-7-13-19-32;1-26(30-14-8-5-9-15-30)33-20-22-34(23-21-33)29(4)37-25-35(27(2)31-16-10-6-11-17-31)24-36(38(37)39)28(3)32-18-12-7-13-19-32;4*1-8(2)9-6-4-3-5-7-9;1-6-4-3-5-7(2)8(6)9;7-5-2-1-3-6(8)4-5;2*7-6-4-2-1-3-5-6;1-2/h2*5-29,39H,1-4H3;4*3-8H,1-2H3;3-5,9H,1-2H3;1-4,7-8H;2*1-5,7H;1-2H3. The van der Waals surface area contributed by atoms with Crippen molar-refractivity contribution >= 4 is 0 Å². The van der Waals surface area contributed by atoms with E-state index in [1.54, 1.807) is 54.6 Å². The molecule has 0 radical (unpaired) electrons. The first-order valence-corrected chi connectivity index (χ1v) is 52.0. The van der Waals surface area contributed by atoms with E-state index >= 15 is 0 Å². The topological polar surface area (TPSA) is 142 Å². The van der Waals surface area contributed by atoms with Gasteiger partial charge in [0.05, 0.1) is 0 Å². The molecule has 0 heterocycles. The molecule has 0 aromatic heterocycles. The number of phenolic OH excluding ortho intramolecular Hbond substituents is 7. The number of aryl methyl sites for hydroxylation is 2. The van der Waals surface area contributed by atoms with E-state index in [4.69, 9.17) is 20.4 Å². The smallest absolute Gasteiger partial charge is 0.123 e. The van der Waals surface area contributed by atoms with Crippen LogP contribution in [0.1, 0.15) is 318 Å². The fourth-order valence-electron chi connectivity index (χ4n) is 16.8. The second-order valence-electron chi connectivity index (χ2n) is 38.4. The summed E-state index contributed by atoms with van der Waals surface area (Å²) in [5.74, 6) is 6.05. The molecule has 18 aromatic rings. The molecule has 0 saturated heterocycles. The van der Waals surface area contributed by atoms with Gasteiger partial charge in [-0.3, -0.25) is 0 Å². The monoisotopic (exact) mass is 1950 g/mol. The minimum Gasteiger partial charge on any atom is -0.508 e. The first-order valence-electron chi connectivity index (χ1n) is 52.0. The van der Waals surface area contributed by atoms with Gasteiger partial charge in [0.25, 0.3) is 0 Å². The van der Waals surface area contributed by atoms with Crippen molar-refractivity contribution in [2.75, 3.05) is 0 Å². The third kappa shape index (κ3) is 38.6. The van der Waals surface area contributed by atoms with Crippen molar-refractivity contribution in [2.45, 2.75) is 209 Å². The number of hydrogen-bond acceptors (Lipinski definition) is 7. The van der Waals surface area contributed by atoms with Crippen molar-refractivity contribution in [1.29, 1.82) is 0 Å². The fraction of sp³-hybridized carbons (Fsp3) is 0.229. The maximum absolute atomic E-state index is 11.7. The number of aromatic hydroxyl groups is 7.